The zero-order valence-corrected chi connectivity index (χ0v) is 15.0. The summed E-state index contributed by atoms with van der Waals surface area (Å²) in [7, 11) is 0. The summed E-state index contributed by atoms with van der Waals surface area (Å²) < 4.78 is 7.39. The fourth-order valence-corrected chi connectivity index (χ4v) is 3.44. The van der Waals surface area contributed by atoms with Crippen molar-refractivity contribution >= 4 is 17.1 Å². The summed E-state index contributed by atoms with van der Waals surface area (Å²) in [4.78, 5) is 23.2. The van der Waals surface area contributed by atoms with E-state index in [-0.39, 0.29) is 18.4 Å². The molecule has 3 heterocycles. The summed E-state index contributed by atoms with van der Waals surface area (Å²) in [5.41, 5.74) is 8.12. The summed E-state index contributed by atoms with van der Waals surface area (Å²) in [6.45, 7) is 2.42. The highest BCUT2D eigenvalue weighted by molar-refractivity contribution is 5.79. The molecular weight excluding hydrogens is 344 g/mol. The van der Waals surface area contributed by atoms with E-state index in [9.17, 15) is 4.79 Å². The number of benzene rings is 1. The van der Waals surface area contributed by atoms with Gasteiger partial charge in [-0.05, 0) is 18.6 Å². The van der Waals surface area contributed by atoms with Crippen molar-refractivity contribution in [3.8, 4) is 5.75 Å². The molecule has 1 saturated heterocycles. The van der Waals surface area contributed by atoms with Crippen LogP contribution < -0.4 is 10.5 Å². The molecule has 2 aromatic heterocycles. The van der Waals surface area contributed by atoms with Crippen LogP contribution in [0.15, 0.2) is 42.7 Å². The van der Waals surface area contributed by atoms with Crippen molar-refractivity contribution in [1.29, 1.82) is 0 Å². The quantitative estimate of drug-likeness (QED) is 0.703. The number of fused-ring (bicyclic) bond motifs is 1. The standard InChI is InChI=1S/C19H22N6O2/c20-7-11-25-19-18(21-8-9-22-19)17(23-25)14-6-10-24(12-14)16(26)13-27-15-4-2-1-3-5-15/h1-5,8-9,14H,6-7,10-13,20H2/t14-/m1/s1. The minimum Gasteiger partial charge on any atom is -0.484 e. The molecule has 1 aliphatic heterocycles. The molecule has 0 radical (unpaired) electrons. The van der Waals surface area contributed by atoms with Crippen LogP contribution in [0.5, 0.6) is 5.75 Å². The molecule has 0 unspecified atom stereocenters. The topological polar surface area (TPSA) is 99.2 Å². The number of aromatic nitrogens is 4. The molecule has 140 valence electrons. The Morgan fingerprint density at radius 3 is 2.85 bits per heavy atom. The van der Waals surface area contributed by atoms with Crippen LogP contribution in [0.2, 0.25) is 0 Å². The molecule has 1 amide bonds. The van der Waals surface area contributed by atoms with E-state index in [0.717, 1.165) is 23.3 Å². The van der Waals surface area contributed by atoms with Crippen LogP contribution >= 0.6 is 0 Å². The molecule has 0 aliphatic carbocycles. The third kappa shape index (κ3) is 3.61. The fourth-order valence-electron chi connectivity index (χ4n) is 3.44. The van der Waals surface area contributed by atoms with E-state index in [2.05, 4.69) is 9.97 Å². The van der Waals surface area contributed by atoms with Gasteiger partial charge in [-0.1, -0.05) is 18.2 Å². The smallest absolute Gasteiger partial charge is 0.260 e. The number of hydrogen-bond donors (Lipinski definition) is 1. The Bertz CT molecular complexity index is 926. The lowest BCUT2D eigenvalue weighted by atomic mass is 10.0. The molecule has 2 N–H and O–H groups in total. The predicted octanol–water partition coefficient (Wildman–Crippen LogP) is 1.18. The first-order chi connectivity index (χ1) is 13.3. The zero-order valence-electron chi connectivity index (χ0n) is 15.0. The second kappa shape index (κ2) is 7.71. The summed E-state index contributed by atoms with van der Waals surface area (Å²) in [5, 5.41) is 4.69. The van der Waals surface area contributed by atoms with Gasteiger partial charge in [-0.2, -0.15) is 5.10 Å². The van der Waals surface area contributed by atoms with Crippen LogP contribution in [0.25, 0.3) is 11.2 Å². The minimum absolute atomic E-state index is 0.0156. The van der Waals surface area contributed by atoms with Crippen molar-refractivity contribution in [2.45, 2.75) is 18.9 Å². The van der Waals surface area contributed by atoms with Gasteiger partial charge in [0.2, 0.25) is 0 Å². The molecule has 1 aromatic carbocycles. The summed E-state index contributed by atoms with van der Waals surface area (Å²) in [6, 6.07) is 9.37. The summed E-state index contributed by atoms with van der Waals surface area (Å²) in [6.07, 6.45) is 4.18. The van der Waals surface area contributed by atoms with Gasteiger partial charge in [0.25, 0.3) is 5.91 Å². The number of para-hydroxylation sites is 1. The van der Waals surface area contributed by atoms with E-state index in [0.29, 0.717) is 31.9 Å². The lowest BCUT2D eigenvalue weighted by Gasteiger charge is -2.16. The minimum atomic E-state index is -0.0156. The van der Waals surface area contributed by atoms with Crippen LogP contribution in [0.4, 0.5) is 0 Å². The van der Waals surface area contributed by atoms with Gasteiger partial charge in [0.1, 0.15) is 11.3 Å². The number of ether oxygens (including phenoxy) is 1. The SMILES string of the molecule is NCCn1nc([C@@H]2CCN(C(=O)COc3ccccc3)C2)c2nccnc21. The number of amides is 1. The van der Waals surface area contributed by atoms with Crippen LogP contribution in [-0.4, -0.2) is 56.8 Å². The molecule has 1 atom stereocenters. The van der Waals surface area contributed by atoms with Crippen LogP contribution in [0.1, 0.15) is 18.0 Å². The molecule has 0 saturated carbocycles. The van der Waals surface area contributed by atoms with Crippen molar-refractivity contribution in [1.82, 2.24) is 24.6 Å². The summed E-state index contributed by atoms with van der Waals surface area (Å²) in [5.74, 6) is 0.824. The Morgan fingerprint density at radius 1 is 1.22 bits per heavy atom. The third-order valence-electron chi connectivity index (χ3n) is 4.77. The molecule has 1 fully saturated rings. The Hall–Kier alpha value is -3.00. The number of likely N-dealkylation sites (tertiary alicyclic amines) is 1. The van der Waals surface area contributed by atoms with E-state index in [1.165, 1.54) is 0 Å². The Morgan fingerprint density at radius 2 is 2.04 bits per heavy atom. The normalized spacial score (nSPS) is 16.8. The van der Waals surface area contributed by atoms with Crippen molar-refractivity contribution in [2.24, 2.45) is 5.73 Å². The van der Waals surface area contributed by atoms with Crippen molar-refractivity contribution < 1.29 is 9.53 Å². The molecule has 1 aliphatic rings. The average molecular weight is 366 g/mol. The molecular formula is C19H22N6O2. The Balaban J connectivity index is 1.45. The molecule has 8 heteroatoms. The van der Waals surface area contributed by atoms with Gasteiger partial charge in [0, 0.05) is 37.9 Å². The lowest BCUT2D eigenvalue weighted by molar-refractivity contribution is -0.132. The van der Waals surface area contributed by atoms with Gasteiger partial charge in [0.05, 0.1) is 12.2 Å². The highest BCUT2D eigenvalue weighted by Crippen LogP contribution is 2.30. The van der Waals surface area contributed by atoms with Gasteiger partial charge >= 0.3 is 0 Å². The monoisotopic (exact) mass is 366 g/mol. The molecule has 4 rings (SSSR count). The molecule has 0 bridgehead atoms. The lowest BCUT2D eigenvalue weighted by Crippen LogP contribution is -2.32. The molecule has 27 heavy (non-hydrogen) atoms. The number of rotatable bonds is 6. The molecule has 0 spiro atoms. The number of carbonyl (C=O) groups is 1. The van der Waals surface area contributed by atoms with E-state index in [1.54, 1.807) is 17.1 Å². The Kier molecular flexibility index (Phi) is 4.97. The first kappa shape index (κ1) is 17.4. The largest absolute Gasteiger partial charge is 0.484 e. The van der Waals surface area contributed by atoms with Crippen molar-refractivity contribution in [3.05, 3.63) is 48.4 Å². The van der Waals surface area contributed by atoms with Crippen LogP contribution in [0.3, 0.4) is 0 Å². The van der Waals surface area contributed by atoms with E-state index in [4.69, 9.17) is 15.6 Å². The number of carbonyl (C=O) groups excluding carboxylic acids is 1. The zero-order chi connectivity index (χ0) is 18.6. The van der Waals surface area contributed by atoms with Crippen molar-refractivity contribution in [2.75, 3.05) is 26.2 Å². The maximum absolute atomic E-state index is 12.5. The van der Waals surface area contributed by atoms with Gasteiger partial charge < -0.3 is 15.4 Å². The molecule has 8 nitrogen and oxygen atoms in total. The fraction of sp³-hybridized carbons (Fsp3) is 0.368. The van der Waals surface area contributed by atoms with Gasteiger partial charge in [0.15, 0.2) is 12.3 Å². The van der Waals surface area contributed by atoms with E-state index >= 15 is 0 Å². The third-order valence-corrected chi connectivity index (χ3v) is 4.77. The van der Waals surface area contributed by atoms with Gasteiger partial charge in [-0.25, -0.2) is 14.6 Å². The van der Waals surface area contributed by atoms with E-state index in [1.807, 2.05) is 35.2 Å². The maximum Gasteiger partial charge on any atom is 0.260 e. The predicted molar refractivity (Wildman–Crippen MR) is 100 cm³/mol. The van der Waals surface area contributed by atoms with Crippen LogP contribution in [0, 0.1) is 0 Å². The number of nitrogens with zero attached hydrogens (tertiary/aromatic N) is 5. The highest BCUT2D eigenvalue weighted by atomic mass is 16.5. The van der Waals surface area contributed by atoms with Gasteiger partial charge in [-0.15, -0.1) is 0 Å². The molecule has 3 aromatic rings. The highest BCUT2D eigenvalue weighted by Gasteiger charge is 2.31. The number of hydrogen-bond acceptors (Lipinski definition) is 6. The first-order valence-electron chi connectivity index (χ1n) is 9.09. The second-order valence-corrected chi connectivity index (χ2v) is 6.55. The maximum atomic E-state index is 12.5. The van der Waals surface area contributed by atoms with E-state index < -0.39 is 0 Å². The van der Waals surface area contributed by atoms with Gasteiger partial charge in [-0.3, -0.25) is 4.79 Å². The second-order valence-electron chi connectivity index (χ2n) is 6.55. The average Bonchev–Trinajstić information content (AvgIpc) is 3.33. The first-order valence-corrected chi connectivity index (χ1v) is 9.09. The Labute approximate surface area is 157 Å². The van der Waals surface area contributed by atoms with Crippen molar-refractivity contribution in [3.63, 3.8) is 0 Å². The number of nitrogens with two attached hydrogens (primary N) is 1. The van der Waals surface area contributed by atoms with Crippen LogP contribution in [-0.2, 0) is 11.3 Å². The summed E-state index contributed by atoms with van der Waals surface area (Å²) >= 11 is 0.